The third-order valence-corrected chi connectivity index (χ3v) is 4.07. The van der Waals surface area contributed by atoms with Crippen LogP contribution in [0.15, 0.2) is 72.8 Å². The van der Waals surface area contributed by atoms with E-state index >= 15 is 0 Å². The van der Waals surface area contributed by atoms with E-state index in [-0.39, 0.29) is 0 Å². The molecule has 1 heterocycles. The number of halogens is 1. The lowest BCUT2D eigenvalue weighted by Crippen LogP contribution is -1.87. The number of aromatic nitrogens is 2. The standard InChI is InChI=1S/C19H13ClN2/c20-16-10-4-3-8-14(16)13-7-1-2-9-15(13)19-21-17-11-5-6-12-18(17)22-19/h1-12H,(H,21,22). The highest BCUT2D eigenvalue weighted by Crippen LogP contribution is 2.35. The molecule has 0 aliphatic carbocycles. The first-order valence-electron chi connectivity index (χ1n) is 7.12. The molecule has 0 unspecified atom stereocenters. The number of nitrogens with one attached hydrogen (secondary N) is 1. The number of fused-ring (bicyclic) bond motifs is 1. The number of imidazole rings is 1. The van der Waals surface area contributed by atoms with E-state index in [4.69, 9.17) is 16.6 Å². The fourth-order valence-corrected chi connectivity index (χ4v) is 2.92. The van der Waals surface area contributed by atoms with Crippen LogP contribution in [-0.2, 0) is 0 Å². The second-order valence-corrected chi connectivity index (χ2v) is 5.54. The monoisotopic (exact) mass is 304 g/mol. The molecule has 4 rings (SSSR count). The van der Waals surface area contributed by atoms with Crippen LogP contribution in [0.5, 0.6) is 0 Å². The van der Waals surface area contributed by atoms with Crippen LogP contribution in [0.4, 0.5) is 0 Å². The third kappa shape index (κ3) is 2.18. The molecule has 22 heavy (non-hydrogen) atoms. The highest BCUT2D eigenvalue weighted by Gasteiger charge is 2.12. The lowest BCUT2D eigenvalue weighted by Gasteiger charge is -2.09. The third-order valence-electron chi connectivity index (χ3n) is 3.74. The van der Waals surface area contributed by atoms with Crippen molar-refractivity contribution in [2.75, 3.05) is 0 Å². The van der Waals surface area contributed by atoms with Crippen LogP contribution in [0.1, 0.15) is 0 Å². The minimum Gasteiger partial charge on any atom is -0.338 e. The van der Waals surface area contributed by atoms with Crippen LogP contribution in [0, 0.1) is 0 Å². The highest BCUT2D eigenvalue weighted by molar-refractivity contribution is 6.33. The van der Waals surface area contributed by atoms with E-state index in [1.807, 2.05) is 60.7 Å². The van der Waals surface area contributed by atoms with Gasteiger partial charge in [0.15, 0.2) is 0 Å². The van der Waals surface area contributed by atoms with Gasteiger partial charge in [-0.15, -0.1) is 0 Å². The normalized spacial score (nSPS) is 11.0. The Morgan fingerprint density at radius 1 is 0.682 bits per heavy atom. The summed E-state index contributed by atoms with van der Waals surface area (Å²) in [6.45, 7) is 0. The number of rotatable bonds is 2. The van der Waals surface area contributed by atoms with Gasteiger partial charge in [-0.3, -0.25) is 0 Å². The Balaban J connectivity index is 1.95. The minimum absolute atomic E-state index is 0.742. The number of nitrogens with zero attached hydrogens (tertiary/aromatic N) is 1. The van der Waals surface area contributed by atoms with Crippen molar-refractivity contribution in [3.05, 3.63) is 77.8 Å². The summed E-state index contributed by atoms with van der Waals surface area (Å²) in [5, 5.41) is 0.742. The molecule has 2 nitrogen and oxygen atoms in total. The molecule has 106 valence electrons. The fourth-order valence-electron chi connectivity index (χ4n) is 2.68. The molecule has 0 fully saturated rings. The zero-order valence-corrected chi connectivity index (χ0v) is 12.5. The van der Waals surface area contributed by atoms with Crippen molar-refractivity contribution in [3.8, 4) is 22.5 Å². The predicted octanol–water partition coefficient (Wildman–Crippen LogP) is 5.55. The van der Waals surface area contributed by atoms with Crippen molar-refractivity contribution in [3.63, 3.8) is 0 Å². The van der Waals surface area contributed by atoms with Gasteiger partial charge in [0.1, 0.15) is 5.82 Å². The summed E-state index contributed by atoms with van der Waals surface area (Å²) in [4.78, 5) is 8.09. The average Bonchev–Trinajstić information content (AvgIpc) is 2.99. The molecule has 0 radical (unpaired) electrons. The van der Waals surface area contributed by atoms with Crippen molar-refractivity contribution in [2.24, 2.45) is 0 Å². The van der Waals surface area contributed by atoms with Gasteiger partial charge >= 0.3 is 0 Å². The largest absolute Gasteiger partial charge is 0.338 e. The van der Waals surface area contributed by atoms with Gasteiger partial charge in [-0.25, -0.2) is 4.98 Å². The van der Waals surface area contributed by atoms with Crippen molar-refractivity contribution in [1.29, 1.82) is 0 Å². The summed E-state index contributed by atoms with van der Waals surface area (Å²) in [5.74, 6) is 0.858. The van der Waals surface area contributed by atoms with Gasteiger partial charge < -0.3 is 4.98 Å². The summed E-state index contributed by atoms with van der Waals surface area (Å²) in [5.41, 5.74) is 5.14. The molecule has 0 aliphatic heterocycles. The fraction of sp³-hybridized carbons (Fsp3) is 0. The predicted molar refractivity (Wildman–Crippen MR) is 92.0 cm³/mol. The highest BCUT2D eigenvalue weighted by atomic mass is 35.5. The first-order valence-corrected chi connectivity index (χ1v) is 7.50. The number of hydrogen-bond acceptors (Lipinski definition) is 1. The van der Waals surface area contributed by atoms with E-state index in [0.29, 0.717) is 0 Å². The van der Waals surface area contributed by atoms with E-state index in [9.17, 15) is 0 Å². The van der Waals surface area contributed by atoms with E-state index in [0.717, 1.165) is 38.6 Å². The second-order valence-electron chi connectivity index (χ2n) is 5.13. The van der Waals surface area contributed by atoms with E-state index in [1.165, 1.54) is 0 Å². The van der Waals surface area contributed by atoms with Crippen molar-refractivity contribution in [1.82, 2.24) is 9.97 Å². The molecule has 3 aromatic carbocycles. The van der Waals surface area contributed by atoms with Gasteiger partial charge in [-0.2, -0.15) is 0 Å². The van der Waals surface area contributed by atoms with E-state index < -0.39 is 0 Å². The number of H-pyrrole nitrogens is 1. The molecule has 4 aromatic rings. The van der Waals surface area contributed by atoms with Crippen molar-refractivity contribution in [2.45, 2.75) is 0 Å². The molecule has 1 N–H and O–H groups in total. The summed E-state index contributed by atoms with van der Waals surface area (Å²) < 4.78 is 0. The van der Waals surface area contributed by atoms with Gasteiger partial charge in [0.2, 0.25) is 0 Å². The van der Waals surface area contributed by atoms with Crippen molar-refractivity contribution < 1.29 is 0 Å². The van der Waals surface area contributed by atoms with Gasteiger partial charge in [-0.1, -0.05) is 66.2 Å². The SMILES string of the molecule is Clc1ccccc1-c1ccccc1-c1nc2ccccc2[nH]1. The summed E-state index contributed by atoms with van der Waals surface area (Å²) in [6.07, 6.45) is 0. The number of para-hydroxylation sites is 2. The van der Waals surface area contributed by atoms with Gasteiger partial charge in [0.25, 0.3) is 0 Å². The summed E-state index contributed by atoms with van der Waals surface area (Å²) >= 11 is 6.37. The Morgan fingerprint density at radius 3 is 2.09 bits per heavy atom. The van der Waals surface area contributed by atoms with Crippen molar-refractivity contribution >= 4 is 22.6 Å². The van der Waals surface area contributed by atoms with Crippen LogP contribution in [-0.4, -0.2) is 9.97 Å². The van der Waals surface area contributed by atoms with Crippen LogP contribution in [0.25, 0.3) is 33.5 Å². The maximum Gasteiger partial charge on any atom is 0.139 e. The topological polar surface area (TPSA) is 28.7 Å². The van der Waals surface area contributed by atoms with E-state index in [1.54, 1.807) is 0 Å². The molecule has 0 saturated heterocycles. The summed E-state index contributed by atoms with van der Waals surface area (Å²) in [6, 6.07) is 24.1. The van der Waals surface area contributed by atoms with Gasteiger partial charge in [-0.05, 0) is 23.8 Å². The summed E-state index contributed by atoms with van der Waals surface area (Å²) in [7, 11) is 0. The van der Waals surface area contributed by atoms with Crippen LogP contribution in [0.3, 0.4) is 0 Å². The van der Waals surface area contributed by atoms with Crippen LogP contribution in [0.2, 0.25) is 5.02 Å². The Kier molecular flexibility index (Phi) is 3.17. The minimum atomic E-state index is 0.742. The second kappa shape index (κ2) is 5.32. The molecule has 0 atom stereocenters. The quantitative estimate of drug-likeness (QED) is 0.516. The van der Waals surface area contributed by atoms with E-state index in [2.05, 4.69) is 17.1 Å². The molecule has 1 aromatic heterocycles. The maximum absolute atomic E-state index is 6.37. The first-order chi connectivity index (χ1) is 10.8. The first kappa shape index (κ1) is 13.1. The molecule has 0 aliphatic rings. The maximum atomic E-state index is 6.37. The van der Waals surface area contributed by atoms with Gasteiger partial charge in [0, 0.05) is 16.1 Å². The van der Waals surface area contributed by atoms with Crippen LogP contribution >= 0.6 is 11.6 Å². The Labute approximate surface area is 133 Å². The number of hydrogen-bond donors (Lipinski definition) is 1. The number of benzene rings is 3. The zero-order valence-electron chi connectivity index (χ0n) is 11.8. The number of aromatic amines is 1. The Bertz CT molecular complexity index is 923. The van der Waals surface area contributed by atoms with Gasteiger partial charge in [0.05, 0.1) is 11.0 Å². The molecule has 0 saturated carbocycles. The smallest absolute Gasteiger partial charge is 0.139 e. The lowest BCUT2D eigenvalue weighted by atomic mass is 9.99. The zero-order chi connectivity index (χ0) is 14.9. The average molecular weight is 305 g/mol. The Hall–Kier alpha value is -2.58. The molecular weight excluding hydrogens is 292 g/mol. The molecular formula is C19H13ClN2. The molecule has 0 amide bonds. The molecule has 3 heteroatoms. The van der Waals surface area contributed by atoms with Crippen LogP contribution < -0.4 is 0 Å². The molecule has 0 spiro atoms. The lowest BCUT2D eigenvalue weighted by molar-refractivity contribution is 1.34. The molecule has 0 bridgehead atoms. The Morgan fingerprint density at radius 2 is 1.32 bits per heavy atom.